The van der Waals surface area contributed by atoms with Crippen LogP contribution in [0.15, 0.2) is 59.6 Å². The van der Waals surface area contributed by atoms with Crippen LogP contribution in [0.25, 0.3) is 0 Å². The van der Waals surface area contributed by atoms with Crippen LogP contribution in [-0.2, 0) is 10.0 Å². The number of anilines is 3. The maximum Gasteiger partial charge on any atom is 0.262 e. The molecule has 1 aromatic heterocycles. The van der Waals surface area contributed by atoms with Crippen LogP contribution in [0, 0.1) is 13.8 Å². The molecule has 0 saturated carbocycles. The standard InChI is InChI=1S/C20H19N3O4S/c1-13-3-6-17(14(2)9-13)22-20-8-4-15(11-21-20)23-28(24,25)16-5-7-18-19(10-16)27-12-26-18/h3-11,23H,12H2,1-2H3,(H,21,22). The predicted octanol–water partition coefficient (Wildman–Crippen LogP) is 3.97. The molecule has 8 heteroatoms. The second kappa shape index (κ2) is 7.05. The Kier molecular flexibility index (Phi) is 4.56. The van der Waals surface area contributed by atoms with Crippen LogP contribution in [-0.4, -0.2) is 20.2 Å². The first-order chi connectivity index (χ1) is 13.4. The minimum Gasteiger partial charge on any atom is -0.454 e. The average molecular weight is 397 g/mol. The first-order valence-corrected chi connectivity index (χ1v) is 10.1. The molecule has 1 aliphatic rings. The Morgan fingerprint density at radius 3 is 2.54 bits per heavy atom. The van der Waals surface area contributed by atoms with Gasteiger partial charge in [0.15, 0.2) is 11.5 Å². The van der Waals surface area contributed by atoms with Gasteiger partial charge >= 0.3 is 0 Å². The summed E-state index contributed by atoms with van der Waals surface area (Å²) < 4.78 is 38.2. The van der Waals surface area contributed by atoms with E-state index in [1.165, 1.54) is 23.9 Å². The highest BCUT2D eigenvalue weighted by molar-refractivity contribution is 7.92. The van der Waals surface area contributed by atoms with Gasteiger partial charge in [0, 0.05) is 11.8 Å². The molecule has 3 aromatic rings. The lowest BCUT2D eigenvalue weighted by molar-refractivity contribution is 0.174. The molecule has 0 fully saturated rings. The van der Waals surface area contributed by atoms with E-state index < -0.39 is 10.0 Å². The van der Waals surface area contributed by atoms with Gasteiger partial charge in [0.1, 0.15) is 5.82 Å². The lowest BCUT2D eigenvalue weighted by Gasteiger charge is -2.11. The minimum absolute atomic E-state index is 0.0884. The zero-order valence-corrected chi connectivity index (χ0v) is 16.2. The number of rotatable bonds is 5. The Morgan fingerprint density at radius 1 is 0.964 bits per heavy atom. The number of pyridine rings is 1. The molecule has 0 radical (unpaired) electrons. The maximum atomic E-state index is 12.6. The van der Waals surface area contributed by atoms with E-state index in [4.69, 9.17) is 9.47 Å². The fraction of sp³-hybridized carbons (Fsp3) is 0.150. The molecule has 0 bridgehead atoms. The van der Waals surface area contributed by atoms with E-state index in [9.17, 15) is 8.42 Å². The molecule has 0 saturated heterocycles. The lowest BCUT2D eigenvalue weighted by Crippen LogP contribution is -2.13. The SMILES string of the molecule is Cc1ccc(Nc2ccc(NS(=O)(=O)c3ccc4c(c3)OCO4)cn2)c(C)c1. The van der Waals surface area contributed by atoms with Crippen molar-refractivity contribution in [1.29, 1.82) is 0 Å². The third-order valence-corrected chi connectivity index (χ3v) is 5.69. The molecule has 2 aromatic carbocycles. The number of ether oxygens (including phenoxy) is 2. The lowest BCUT2D eigenvalue weighted by atomic mass is 10.1. The molecule has 28 heavy (non-hydrogen) atoms. The number of aryl methyl sites for hydroxylation is 2. The monoisotopic (exact) mass is 397 g/mol. The van der Waals surface area contributed by atoms with Gasteiger partial charge < -0.3 is 14.8 Å². The van der Waals surface area contributed by atoms with Gasteiger partial charge in [0.25, 0.3) is 10.0 Å². The van der Waals surface area contributed by atoms with Crippen molar-refractivity contribution in [1.82, 2.24) is 4.98 Å². The highest BCUT2D eigenvalue weighted by atomic mass is 32.2. The Hall–Kier alpha value is -3.26. The predicted molar refractivity (Wildman–Crippen MR) is 107 cm³/mol. The minimum atomic E-state index is -3.76. The molecule has 4 rings (SSSR count). The Morgan fingerprint density at radius 2 is 1.79 bits per heavy atom. The van der Waals surface area contributed by atoms with Crippen molar-refractivity contribution in [2.45, 2.75) is 18.7 Å². The van der Waals surface area contributed by atoms with Crippen molar-refractivity contribution in [2.75, 3.05) is 16.8 Å². The second-order valence-corrected chi connectivity index (χ2v) is 8.18. The van der Waals surface area contributed by atoms with Crippen LogP contribution in [0.5, 0.6) is 11.5 Å². The van der Waals surface area contributed by atoms with Crippen molar-refractivity contribution < 1.29 is 17.9 Å². The number of hydrogen-bond donors (Lipinski definition) is 2. The van der Waals surface area contributed by atoms with Crippen LogP contribution in [0.1, 0.15) is 11.1 Å². The van der Waals surface area contributed by atoms with Crippen LogP contribution < -0.4 is 19.5 Å². The highest BCUT2D eigenvalue weighted by Gasteiger charge is 2.20. The normalized spacial score (nSPS) is 12.6. The molecule has 2 N–H and O–H groups in total. The molecular formula is C20H19N3O4S. The number of benzene rings is 2. The van der Waals surface area contributed by atoms with Crippen LogP contribution in [0.2, 0.25) is 0 Å². The molecule has 0 atom stereocenters. The number of nitrogens with one attached hydrogen (secondary N) is 2. The summed E-state index contributed by atoms with van der Waals surface area (Å²) in [5.41, 5.74) is 3.61. The molecule has 1 aliphatic heterocycles. The number of sulfonamides is 1. The molecule has 144 valence electrons. The van der Waals surface area contributed by atoms with Gasteiger partial charge in [0.2, 0.25) is 6.79 Å². The van der Waals surface area contributed by atoms with Gasteiger partial charge in [0.05, 0.1) is 16.8 Å². The summed E-state index contributed by atoms with van der Waals surface area (Å²) >= 11 is 0. The van der Waals surface area contributed by atoms with Crippen LogP contribution >= 0.6 is 0 Å². The summed E-state index contributed by atoms with van der Waals surface area (Å²) in [4.78, 5) is 4.38. The number of fused-ring (bicyclic) bond motifs is 1. The molecule has 0 aliphatic carbocycles. The summed E-state index contributed by atoms with van der Waals surface area (Å²) in [5, 5.41) is 3.23. The summed E-state index contributed by atoms with van der Waals surface area (Å²) in [6.07, 6.45) is 1.47. The Balaban J connectivity index is 1.49. The van der Waals surface area contributed by atoms with E-state index in [0.29, 0.717) is 23.0 Å². The van der Waals surface area contributed by atoms with E-state index in [2.05, 4.69) is 21.1 Å². The van der Waals surface area contributed by atoms with Gasteiger partial charge in [-0.15, -0.1) is 0 Å². The zero-order chi connectivity index (χ0) is 19.7. The molecule has 2 heterocycles. The first kappa shape index (κ1) is 18.1. The zero-order valence-electron chi connectivity index (χ0n) is 15.4. The average Bonchev–Trinajstić information content (AvgIpc) is 3.13. The van der Waals surface area contributed by atoms with E-state index in [-0.39, 0.29) is 11.7 Å². The fourth-order valence-electron chi connectivity index (χ4n) is 2.88. The summed E-state index contributed by atoms with van der Waals surface area (Å²) in [6, 6.07) is 13.9. The van der Waals surface area contributed by atoms with Crippen LogP contribution in [0.4, 0.5) is 17.2 Å². The van der Waals surface area contributed by atoms with Gasteiger partial charge in [-0.25, -0.2) is 13.4 Å². The first-order valence-electron chi connectivity index (χ1n) is 8.63. The summed E-state index contributed by atoms with van der Waals surface area (Å²) in [6.45, 7) is 4.14. The maximum absolute atomic E-state index is 12.6. The van der Waals surface area contributed by atoms with Crippen molar-refractivity contribution in [2.24, 2.45) is 0 Å². The number of nitrogens with zero attached hydrogens (tertiary/aromatic N) is 1. The van der Waals surface area contributed by atoms with Crippen molar-refractivity contribution in [3.63, 3.8) is 0 Å². The molecule has 0 amide bonds. The number of hydrogen-bond acceptors (Lipinski definition) is 6. The van der Waals surface area contributed by atoms with Crippen LogP contribution in [0.3, 0.4) is 0 Å². The second-order valence-electron chi connectivity index (χ2n) is 6.50. The van der Waals surface area contributed by atoms with Gasteiger partial charge in [-0.05, 0) is 49.7 Å². The summed E-state index contributed by atoms with van der Waals surface area (Å²) in [7, 11) is -3.76. The quantitative estimate of drug-likeness (QED) is 0.677. The van der Waals surface area contributed by atoms with E-state index in [0.717, 1.165) is 11.3 Å². The van der Waals surface area contributed by atoms with E-state index >= 15 is 0 Å². The Labute approximate surface area is 163 Å². The molecule has 0 spiro atoms. The Bertz CT molecular complexity index is 1130. The van der Waals surface area contributed by atoms with Gasteiger partial charge in [-0.1, -0.05) is 17.7 Å². The third-order valence-electron chi connectivity index (χ3n) is 4.31. The van der Waals surface area contributed by atoms with Crippen molar-refractivity contribution in [3.05, 3.63) is 65.9 Å². The molecular weight excluding hydrogens is 378 g/mol. The highest BCUT2D eigenvalue weighted by Crippen LogP contribution is 2.34. The third kappa shape index (κ3) is 3.72. The van der Waals surface area contributed by atoms with Crippen molar-refractivity contribution in [3.8, 4) is 11.5 Å². The van der Waals surface area contributed by atoms with Gasteiger partial charge in [-0.2, -0.15) is 0 Å². The van der Waals surface area contributed by atoms with Gasteiger partial charge in [-0.3, -0.25) is 4.72 Å². The topological polar surface area (TPSA) is 89.5 Å². The smallest absolute Gasteiger partial charge is 0.262 e. The largest absolute Gasteiger partial charge is 0.454 e. The van der Waals surface area contributed by atoms with E-state index in [1.54, 1.807) is 18.2 Å². The fourth-order valence-corrected chi connectivity index (χ4v) is 3.94. The summed E-state index contributed by atoms with van der Waals surface area (Å²) in [5.74, 6) is 1.56. The van der Waals surface area contributed by atoms with Crippen molar-refractivity contribution >= 4 is 27.2 Å². The van der Waals surface area contributed by atoms with E-state index in [1.807, 2.05) is 26.0 Å². The number of aromatic nitrogens is 1. The molecule has 7 nitrogen and oxygen atoms in total. The molecule has 0 unspecified atom stereocenters.